The van der Waals surface area contributed by atoms with Crippen LogP contribution < -0.4 is 5.32 Å². The zero-order valence-corrected chi connectivity index (χ0v) is 15.7. The van der Waals surface area contributed by atoms with Crippen molar-refractivity contribution < 1.29 is 9.53 Å². The molecule has 0 aromatic heterocycles. The lowest BCUT2D eigenvalue weighted by Gasteiger charge is -2.22. The Bertz CT molecular complexity index is 520. The van der Waals surface area contributed by atoms with Gasteiger partial charge >= 0.3 is 5.97 Å². The van der Waals surface area contributed by atoms with Crippen molar-refractivity contribution in [1.29, 1.82) is 0 Å². The normalized spacial score (nSPS) is 11.2. The van der Waals surface area contributed by atoms with Gasteiger partial charge in [0.25, 0.3) is 0 Å². The van der Waals surface area contributed by atoms with Gasteiger partial charge in [-0.15, -0.1) is 0 Å². The summed E-state index contributed by atoms with van der Waals surface area (Å²) in [6, 6.07) is 8.18. The van der Waals surface area contributed by atoms with Crippen LogP contribution in [0.15, 0.2) is 33.7 Å². The molecule has 5 nitrogen and oxygen atoms in total. The number of methoxy groups -OCH3 is 1. The largest absolute Gasteiger partial charge is 0.469 e. The zero-order chi connectivity index (χ0) is 17.1. The fraction of sp³-hybridized carbons (Fsp3) is 0.529. The van der Waals surface area contributed by atoms with E-state index >= 15 is 0 Å². The highest BCUT2D eigenvalue weighted by atomic mass is 79.9. The first-order chi connectivity index (χ1) is 11.1. The molecule has 0 radical (unpaired) electrons. The van der Waals surface area contributed by atoms with E-state index < -0.39 is 0 Å². The van der Waals surface area contributed by atoms with Crippen LogP contribution in [-0.2, 0) is 16.1 Å². The molecule has 0 saturated heterocycles. The fourth-order valence-corrected chi connectivity index (χ4v) is 2.51. The molecule has 0 unspecified atom stereocenters. The molecule has 0 aliphatic carbocycles. The second kappa shape index (κ2) is 11.0. The number of hydrogen-bond acceptors (Lipinski definition) is 3. The van der Waals surface area contributed by atoms with Gasteiger partial charge in [0.05, 0.1) is 7.11 Å². The third kappa shape index (κ3) is 7.50. The Morgan fingerprint density at radius 1 is 1.35 bits per heavy atom. The third-order valence-electron chi connectivity index (χ3n) is 3.34. The van der Waals surface area contributed by atoms with E-state index in [-0.39, 0.29) is 5.97 Å². The predicted molar refractivity (Wildman–Crippen MR) is 97.5 cm³/mol. The molecule has 6 heteroatoms. The second-order valence-electron chi connectivity index (χ2n) is 5.22. The first-order valence-electron chi connectivity index (χ1n) is 7.88. The molecule has 0 saturated carbocycles. The number of carbonyl (C=O) groups is 1. The van der Waals surface area contributed by atoms with Crippen LogP contribution in [0.3, 0.4) is 0 Å². The predicted octanol–water partition coefficient (Wildman–Crippen LogP) is 3.19. The molecule has 0 spiro atoms. The smallest absolute Gasteiger partial charge is 0.305 e. The van der Waals surface area contributed by atoms with Gasteiger partial charge < -0.3 is 15.0 Å². The van der Waals surface area contributed by atoms with Crippen molar-refractivity contribution in [2.24, 2.45) is 4.99 Å². The Kier molecular flexibility index (Phi) is 9.36. The standard InChI is InChI=1S/C17H26BrN3O2/c1-4-19-17(20-12-8-7-11-16(22)23-3)21(2)13-14-9-5-6-10-15(14)18/h5-6,9-10H,4,7-8,11-13H2,1-3H3,(H,19,20). The highest BCUT2D eigenvalue weighted by Gasteiger charge is 2.08. The fourth-order valence-electron chi connectivity index (χ4n) is 2.09. The van der Waals surface area contributed by atoms with Crippen LogP contribution in [0.2, 0.25) is 0 Å². The number of hydrogen-bond donors (Lipinski definition) is 1. The number of aliphatic imine (C=N–C) groups is 1. The molecule has 0 heterocycles. The van der Waals surface area contributed by atoms with Crippen LogP contribution in [0.5, 0.6) is 0 Å². The van der Waals surface area contributed by atoms with Gasteiger partial charge in [-0.1, -0.05) is 34.1 Å². The van der Waals surface area contributed by atoms with Crippen molar-refractivity contribution >= 4 is 27.9 Å². The van der Waals surface area contributed by atoms with Gasteiger partial charge in [0.2, 0.25) is 0 Å². The zero-order valence-electron chi connectivity index (χ0n) is 14.1. The Hall–Kier alpha value is -1.56. The van der Waals surface area contributed by atoms with Crippen molar-refractivity contribution in [3.63, 3.8) is 0 Å². The summed E-state index contributed by atoms with van der Waals surface area (Å²) in [5.41, 5.74) is 1.21. The first kappa shape index (κ1) is 19.5. The van der Waals surface area contributed by atoms with Gasteiger partial charge in [0, 0.05) is 37.6 Å². The van der Waals surface area contributed by atoms with Gasteiger partial charge in [0.1, 0.15) is 0 Å². The molecular formula is C17H26BrN3O2. The number of nitrogens with zero attached hydrogens (tertiary/aromatic N) is 2. The summed E-state index contributed by atoms with van der Waals surface area (Å²) in [6.45, 7) is 4.34. The summed E-state index contributed by atoms with van der Waals surface area (Å²) in [4.78, 5) is 17.8. The van der Waals surface area contributed by atoms with Gasteiger partial charge in [-0.05, 0) is 31.4 Å². The van der Waals surface area contributed by atoms with E-state index in [4.69, 9.17) is 0 Å². The highest BCUT2D eigenvalue weighted by molar-refractivity contribution is 9.10. The molecule has 0 bridgehead atoms. The highest BCUT2D eigenvalue weighted by Crippen LogP contribution is 2.17. The van der Waals surface area contributed by atoms with E-state index in [1.54, 1.807) is 0 Å². The Labute approximate surface area is 147 Å². The molecular weight excluding hydrogens is 358 g/mol. The van der Waals surface area contributed by atoms with Crippen LogP contribution in [0.1, 0.15) is 31.7 Å². The summed E-state index contributed by atoms with van der Waals surface area (Å²) in [5, 5.41) is 3.30. The molecule has 1 rings (SSSR count). The Balaban J connectivity index is 2.53. The number of unbranched alkanes of at least 4 members (excludes halogenated alkanes) is 1. The monoisotopic (exact) mass is 383 g/mol. The van der Waals surface area contributed by atoms with E-state index in [0.29, 0.717) is 13.0 Å². The van der Waals surface area contributed by atoms with Crippen LogP contribution in [0, 0.1) is 0 Å². The maximum atomic E-state index is 11.1. The summed E-state index contributed by atoms with van der Waals surface area (Å²) in [6.07, 6.45) is 2.12. The van der Waals surface area contributed by atoms with Crippen molar-refractivity contribution in [2.45, 2.75) is 32.7 Å². The lowest BCUT2D eigenvalue weighted by atomic mass is 10.2. The van der Waals surface area contributed by atoms with Crippen LogP contribution in [0.25, 0.3) is 0 Å². The summed E-state index contributed by atoms with van der Waals surface area (Å²) < 4.78 is 5.73. The van der Waals surface area contributed by atoms with Crippen molar-refractivity contribution in [3.8, 4) is 0 Å². The maximum absolute atomic E-state index is 11.1. The Morgan fingerprint density at radius 2 is 2.09 bits per heavy atom. The number of guanidine groups is 1. The molecule has 0 fully saturated rings. The minimum absolute atomic E-state index is 0.160. The number of rotatable bonds is 8. The Morgan fingerprint density at radius 3 is 2.74 bits per heavy atom. The lowest BCUT2D eigenvalue weighted by Crippen LogP contribution is -2.38. The molecule has 1 aromatic carbocycles. The van der Waals surface area contributed by atoms with Gasteiger partial charge in [-0.25, -0.2) is 0 Å². The average molecular weight is 384 g/mol. The van der Waals surface area contributed by atoms with Crippen LogP contribution in [0.4, 0.5) is 0 Å². The number of ether oxygens (including phenoxy) is 1. The number of nitrogens with one attached hydrogen (secondary N) is 1. The number of benzene rings is 1. The quantitative estimate of drug-likeness (QED) is 0.324. The molecule has 0 atom stereocenters. The number of halogens is 1. The summed E-state index contributed by atoms with van der Waals surface area (Å²) in [5.74, 6) is 0.716. The van der Waals surface area contributed by atoms with Crippen molar-refractivity contribution in [2.75, 3.05) is 27.2 Å². The molecule has 1 aromatic rings. The van der Waals surface area contributed by atoms with Gasteiger partial charge in [0.15, 0.2) is 5.96 Å². The summed E-state index contributed by atoms with van der Waals surface area (Å²) in [7, 11) is 3.44. The molecule has 0 amide bonds. The van der Waals surface area contributed by atoms with E-state index in [2.05, 4.69) is 48.9 Å². The van der Waals surface area contributed by atoms with E-state index in [9.17, 15) is 4.79 Å². The minimum atomic E-state index is -0.160. The molecule has 0 aliphatic rings. The average Bonchev–Trinajstić information content (AvgIpc) is 2.55. The number of esters is 1. The van der Waals surface area contributed by atoms with Crippen LogP contribution >= 0.6 is 15.9 Å². The summed E-state index contributed by atoms with van der Waals surface area (Å²) >= 11 is 3.58. The first-order valence-corrected chi connectivity index (χ1v) is 8.67. The molecule has 1 N–H and O–H groups in total. The van der Waals surface area contributed by atoms with Crippen molar-refractivity contribution in [3.05, 3.63) is 34.3 Å². The SMILES string of the molecule is CCNC(=NCCCCC(=O)OC)N(C)Cc1ccccc1Br. The van der Waals surface area contributed by atoms with Crippen LogP contribution in [-0.4, -0.2) is 44.1 Å². The number of carbonyl (C=O) groups excluding carboxylic acids is 1. The van der Waals surface area contributed by atoms with Gasteiger partial charge in [-0.3, -0.25) is 9.79 Å². The lowest BCUT2D eigenvalue weighted by molar-refractivity contribution is -0.140. The van der Waals surface area contributed by atoms with E-state index in [1.165, 1.54) is 12.7 Å². The molecule has 0 aliphatic heterocycles. The maximum Gasteiger partial charge on any atom is 0.305 e. The minimum Gasteiger partial charge on any atom is -0.469 e. The third-order valence-corrected chi connectivity index (χ3v) is 4.11. The van der Waals surface area contributed by atoms with Gasteiger partial charge in [-0.2, -0.15) is 0 Å². The van der Waals surface area contributed by atoms with E-state index in [1.807, 2.05) is 25.2 Å². The van der Waals surface area contributed by atoms with Crippen molar-refractivity contribution in [1.82, 2.24) is 10.2 Å². The second-order valence-corrected chi connectivity index (χ2v) is 6.07. The molecule has 128 valence electrons. The molecule has 23 heavy (non-hydrogen) atoms. The topological polar surface area (TPSA) is 53.9 Å². The van der Waals surface area contributed by atoms with E-state index in [0.717, 1.165) is 36.4 Å².